The minimum Gasteiger partial charge on any atom is -0.357 e. The lowest BCUT2D eigenvalue weighted by Gasteiger charge is -2.22. The Balaban J connectivity index is 1.46. The third kappa shape index (κ3) is 4.22. The molecule has 0 spiro atoms. The first kappa shape index (κ1) is 18.2. The zero-order chi connectivity index (χ0) is 19.2. The number of nitrogens with one attached hydrogen (secondary N) is 1. The number of guanidine groups is 1. The zero-order valence-electron chi connectivity index (χ0n) is 16.2. The summed E-state index contributed by atoms with van der Waals surface area (Å²) in [6.45, 7) is 5.62. The summed E-state index contributed by atoms with van der Waals surface area (Å²) in [5.41, 5.74) is 2.54. The second-order valence-corrected chi connectivity index (χ2v) is 6.99. The Hall–Kier alpha value is -3.15. The van der Waals surface area contributed by atoms with Crippen LogP contribution < -0.4 is 5.32 Å². The molecule has 28 heavy (non-hydrogen) atoms. The SMILES string of the molecule is CCNC(=NCc1ccnc(-n2cccn2)c1)N1CCC(c2ccccc2)C1. The lowest BCUT2D eigenvalue weighted by molar-refractivity contribution is 0.486. The van der Waals surface area contributed by atoms with E-state index in [0.717, 1.165) is 43.4 Å². The summed E-state index contributed by atoms with van der Waals surface area (Å²) in [4.78, 5) is 11.7. The molecule has 1 aliphatic heterocycles. The summed E-state index contributed by atoms with van der Waals surface area (Å²) in [7, 11) is 0. The molecular formula is C22H26N6. The van der Waals surface area contributed by atoms with Crippen LogP contribution in [0.5, 0.6) is 0 Å². The Morgan fingerprint density at radius 2 is 2.07 bits per heavy atom. The Bertz CT molecular complexity index is 904. The van der Waals surface area contributed by atoms with E-state index in [-0.39, 0.29) is 0 Å². The van der Waals surface area contributed by atoms with Gasteiger partial charge >= 0.3 is 0 Å². The van der Waals surface area contributed by atoms with Gasteiger partial charge in [-0.1, -0.05) is 30.3 Å². The highest BCUT2D eigenvalue weighted by Crippen LogP contribution is 2.27. The number of hydrogen-bond acceptors (Lipinski definition) is 3. The summed E-state index contributed by atoms with van der Waals surface area (Å²) < 4.78 is 1.77. The summed E-state index contributed by atoms with van der Waals surface area (Å²) in [5.74, 6) is 2.36. The van der Waals surface area contributed by atoms with Crippen LogP contribution in [-0.4, -0.2) is 45.3 Å². The van der Waals surface area contributed by atoms with Crippen LogP contribution in [0.1, 0.15) is 30.4 Å². The van der Waals surface area contributed by atoms with Crippen LogP contribution in [-0.2, 0) is 6.54 Å². The third-order valence-electron chi connectivity index (χ3n) is 5.05. The lowest BCUT2D eigenvalue weighted by Crippen LogP contribution is -2.40. The lowest BCUT2D eigenvalue weighted by atomic mass is 9.99. The molecule has 0 radical (unpaired) electrons. The van der Waals surface area contributed by atoms with Crippen molar-refractivity contribution in [1.29, 1.82) is 0 Å². The van der Waals surface area contributed by atoms with E-state index in [1.165, 1.54) is 5.56 Å². The second kappa shape index (κ2) is 8.69. The van der Waals surface area contributed by atoms with Crippen molar-refractivity contribution >= 4 is 5.96 Å². The molecule has 1 atom stereocenters. The molecule has 144 valence electrons. The second-order valence-electron chi connectivity index (χ2n) is 6.99. The molecule has 3 aromatic rings. The third-order valence-corrected chi connectivity index (χ3v) is 5.05. The Labute approximate surface area is 165 Å². The van der Waals surface area contributed by atoms with Gasteiger partial charge in [-0.05, 0) is 42.7 Å². The topological polar surface area (TPSA) is 58.3 Å². The van der Waals surface area contributed by atoms with Crippen molar-refractivity contribution < 1.29 is 0 Å². The number of likely N-dealkylation sites (tertiary alicyclic amines) is 1. The highest BCUT2D eigenvalue weighted by molar-refractivity contribution is 5.80. The summed E-state index contributed by atoms with van der Waals surface area (Å²) in [6, 6.07) is 16.7. The smallest absolute Gasteiger partial charge is 0.194 e. The maximum Gasteiger partial charge on any atom is 0.194 e. The van der Waals surface area contributed by atoms with E-state index in [4.69, 9.17) is 4.99 Å². The first-order chi connectivity index (χ1) is 13.8. The van der Waals surface area contributed by atoms with Crippen molar-refractivity contribution in [3.8, 4) is 5.82 Å². The monoisotopic (exact) mass is 374 g/mol. The Morgan fingerprint density at radius 3 is 2.86 bits per heavy atom. The average molecular weight is 374 g/mol. The van der Waals surface area contributed by atoms with Crippen LogP contribution in [0.2, 0.25) is 0 Å². The number of rotatable bonds is 5. The quantitative estimate of drug-likeness (QED) is 0.550. The molecule has 1 saturated heterocycles. The van der Waals surface area contributed by atoms with Gasteiger partial charge < -0.3 is 10.2 Å². The number of aliphatic imine (C=N–C) groups is 1. The summed E-state index contributed by atoms with van der Waals surface area (Å²) >= 11 is 0. The molecule has 0 aliphatic carbocycles. The van der Waals surface area contributed by atoms with E-state index < -0.39 is 0 Å². The average Bonchev–Trinajstić information content (AvgIpc) is 3.44. The van der Waals surface area contributed by atoms with Gasteiger partial charge in [-0.15, -0.1) is 0 Å². The molecule has 6 heteroatoms. The van der Waals surface area contributed by atoms with E-state index in [1.807, 2.05) is 30.6 Å². The minimum atomic E-state index is 0.567. The van der Waals surface area contributed by atoms with Crippen LogP contribution in [0.4, 0.5) is 0 Å². The molecular weight excluding hydrogens is 348 g/mol. The van der Waals surface area contributed by atoms with Crippen molar-refractivity contribution in [2.75, 3.05) is 19.6 Å². The van der Waals surface area contributed by atoms with Gasteiger partial charge in [-0.3, -0.25) is 0 Å². The molecule has 1 fully saturated rings. The molecule has 3 heterocycles. The van der Waals surface area contributed by atoms with Gasteiger partial charge in [0.15, 0.2) is 11.8 Å². The first-order valence-electron chi connectivity index (χ1n) is 9.86. The molecule has 6 nitrogen and oxygen atoms in total. The molecule has 0 saturated carbocycles. The molecule has 0 amide bonds. The first-order valence-corrected chi connectivity index (χ1v) is 9.86. The van der Waals surface area contributed by atoms with Crippen molar-refractivity contribution in [3.05, 3.63) is 78.2 Å². The molecule has 1 N–H and O–H groups in total. The summed E-state index contributed by atoms with van der Waals surface area (Å²) in [6.07, 6.45) is 6.63. The standard InChI is InChI=1S/C22H26N6/c1-2-23-22(27-14-10-20(17-27)19-7-4-3-5-8-19)25-16-18-9-12-24-21(15-18)28-13-6-11-26-28/h3-9,11-13,15,20H,2,10,14,16-17H2,1H3,(H,23,25). The molecule has 1 aliphatic rings. The molecule has 2 aromatic heterocycles. The van der Waals surface area contributed by atoms with Gasteiger partial charge in [0.05, 0.1) is 6.54 Å². The fraction of sp³-hybridized carbons (Fsp3) is 0.318. The van der Waals surface area contributed by atoms with Gasteiger partial charge in [0.1, 0.15) is 0 Å². The molecule has 4 rings (SSSR count). The zero-order valence-corrected chi connectivity index (χ0v) is 16.2. The van der Waals surface area contributed by atoms with E-state index in [2.05, 4.69) is 57.6 Å². The highest BCUT2D eigenvalue weighted by Gasteiger charge is 2.25. The van der Waals surface area contributed by atoms with Gasteiger partial charge in [-0.25, -0.2) is 14.7 Å². The van der Waals surface area contributed by atoms with Gasteiger partial charge in [-0.2, -0.15) is 5.10 Å². The number of hydrogen-bond donors (Lipinski definition) is 1. The van der Waals surface area contributed by atoms with E-state index in [9.17, 15) is 0 Å². The Morgan fingerprint density at radius 1 is 1.18 bits per heavy atom. The Kier molecular flexibility index (Phi) is 5.66. The van der Waals surface area contributed by atoms with Crippen molar-refractivity contribution in [2.24, 2.45) is 4.99 Å². The minimum absolute atomic E-state index is 0.567. The highest BCUT2D eigenvalue weighted by atomic mass is 15.3. The van der Waals surface area contributed by atoms with Gasteiger partial charge in [0.2, 0.25) is 0 Å². The fourth-order valence-electron chi connectivity index (χ4n) is 3.63. The molecule has 0 bridgehead atoms. The number of aromatic nitrogens is 3. The van der Waals surface area contributed by atoms with E-state index >= 15 is 0 Å². The number of nitrogens with zero attached hydrogens (tertiary/aromatic N) is 5. The van der Waals surface area contributed by atoms with Gasteiger partial charge in [0.25, 0.3) is 0 Å². The van der Waals surface area contributed by atoms with E-state index in [0.29, 0.717) is 12.5 Å². The predicted octanol–water partition coefficient (Wildman–Crippen LogP) is 3.22. The number of pyridine rings is 1. The maximum atomic E-state index is 4.89. The van der Waals surface area contributed by atoms with E-state index in [1.54, 1.807) is 10.9 Å². The van der Waals surface area contributed by atoms with Crippen LogP contribution >= 0.6 is 0 Å². The van der Waals surface area contributed by atoms with Crippen LogP contribution in [0.3, 0.4) is 0 Å². The largest absolute Gasteiger partial charge is 0.357 e. The molecule has 1 unspecified atom stereocenters. The predicted molar refractivity (Wildman–Crippen MR) is 112 cm³/mol. The van der Waals surface area contributed by atoms with Crippen molar-refractivity contribution in [2.45, 2.75) is 25.8 Å². The molecule has 1 aromatic carbocycles. The fourth-order valence-corrected chi connectivity index (χ4v) is 3.63. The van der Waals surface area contributed by atoms with Crippen molar-refractivity contribution in [1.82, 2.24) is 25.0 Å². The number of benzene rings is 1. The normalized spacial score (nSPS) is 17.1. The van der Waals surface area contributed by atoms with Gasteiger partial charge in [0, 0.05) is 44.1 Å². The maximum absolute atomic E-state index is 4.89. The van der Waals surface area contributed by atoms with Crippen molar-refractivity contribution in [3.63, 3.8) is 0 Å². The van der Waals surface area contributed by atoms with Crippen LogP contribution in [0.25, 0.3) is 5.82 Å². The summed E-state index contributed by atoms with van der Waals surface area (Å²) in [5, 5.41) is 7.70. The van der Waals surface area contributed by atoms with Crippen LogP contribution in [0.15, 0.2) is 72.1 Å². The van der Waals surface area contributed by atoms with Crippen LogP contribution in [0, 0.1) is 0 Å².